The summed E-state index contributed by atoms with van der Waals surface area (Å²) in [4.78, 5) is 27.4. The van der Waals surface area contributed by atoms with Crippen LogP contribution in [-0.2, 0) is 10.0 Å². The van der Waals surface area contributed by atoms with Crippen molar-refractivity contribution < 1.29 is 22.7 Å². The maximum absolute atomic E-state index is 12.8. The predicted octanol–water partition coefficient (Wildman–Crippen LogP) is 2.62. The van der Waals surface area contributed by atoms with Gasteiger partial charge in [0.25, 0.3) is 5.91 Å². The Balaban J connectivity index is 1.47. The number of fused-ring (bicyclic) bond motifs is 1. The van der Waals surface area contributed by atoms with E-state index in [1.807, 2.05) is 20.9 Å². The van der Waals surface area contributed by atoms with Crippen molar-refractivity contribution in [2.45, 2.75) is 30.8 Å². The molecular formula is C23H27N3O5S. The third-order valence-electron chi connectivity index (χ3n) is 5.73. The van der Waals surface area contributed by atoms with Crippen molar-refractivity contribution in [2.75, 3.05) is 38.5 Å². The summed E-state index contributed by atoms with van der Waals surface area (Å²) in [5.74, 6) is 0.0192. The van der Waals surface area contributed by atoms with E-state index < -0.39 is 15.6 Å². The van der Waals surface area contributed by atoms with Gasteiger partial charge in [-0.15, -0.1) is 0 Å². The van der Waals surface area contributed by atoms with Crippen LogP contribution in [0.1, 0.15) is 41.0 Å². The third-order valence-corrected chi connectivity index (χ3v) is 7.64. The highest BCUT2D eigenvalue weighted by Crippen LogP contribution is 2.33. The molecule has 2 aromatic rings. The van der Waals surface area contributed by atoms with Gasteiger partial charge < -0.3 is 15.0 Å². The molecule has 0 unspecified atom stereocenters. The molecule has 32 heavy (non-hydrogen) atoms. The van der Waals surface area contributed by atoms with Crippen molar-refractivity contribution in [1.29, 1.82) is 0 Å². The van der Waals surface area contributed by atoms with Gasteiger partial charge >= 0.3 is 0 Å². The molecule has 0 saturated carbocycles. The third kappa shape index (κ3) is 4.55. The second kappa shape index (κ2) is 8.31. The van der Waals surface area contributed by atoms with Gasteiger partial charge in [-0.05, 0) is 63.4 Å². The van der Waals surface area contributed by atoms with E-state index in [-0.39, 0.29) is 23.0 Å². The molecule has 0 aromatic heterocycles. The van der Waals surface area contributed by atoms with Crippen LogP contribution in [0, 0.1) is 0 Å². The number of Topliss-reactive ketones (excluding diaryl/α,β-unsaturated/α-hetero) is 1. The lowest BCUT2D eigenvalue weighted by molar-refractivity contribution is 0.0620. The Bertz CT molecular complexity index is 1150. The minimum Gasteiger partial charge on any atom is -0.487 e. The lowest BCUT2D eigenvalue weighted by Crippen LogP contribution is -2.46. The van der Waals surface area contributed by atoms with Gasteiger partial charge in [0.2, 0.25) is 10.0 Å². The van der Waals surface area contributed by atoms with Gasteiger partial charge in [-0.2, -0.15) is 4.31 Å². The molecule has 2 aliphatic rings. The van der Waals surface area contributed by atoms with Crippen LogP contribution in [0.4, 0.5) is 5.69 Å². The fourth-order valence-electron chi connectivity index (χ4n) is 3.88. The average molecular weight is 458 g/mol. The molecule has 0 bridgehead atoms. The number of carbonyl (C=O) groups is 2. The standard InChI is InChI=1S/C23H27N3O5S/c1-23(2)15-20(27)19-14-16(4-9-21(19)31-23)22(28)24-17-5-7-18(8-6-17)32(29,30)26-12-10-25(3)11-13-26/h4-9,14H,10-13,15H2,1-3H3,(H,24,28). The summed E-state index contributed by atoms with van der Waals surface area (Å²) in [6, 6.07) is 10.9. The van der Waals surface area contributed by atoms with Crippen LogP contribution in [0.25, 0.3) is 0 Å². The Morgan fingerprint density at radius 3 is 2.34 bits per heavy atom. The van der Waals surface area contributed by atoms with Gasteiger partial charge in [-0.1, -0.05) is 0 Å². The largest absolute Gasteiger partial charge is 0.487 e. The maximum atomic E-state index is 12.8. The molecule has 2 heterocycles. The lowest BCUT2D eigenvalue weighted by atomic mass is 9.92. The van der Waals surface area contributed by atoms with Crippen molar-refractivity contribution in [3.63, 3.8) is 0 Å². The molecule has 0 radical (unpaired) electrons. The van der Waals surface area contributed by atoms with E-state index in [9.17, 15) is 18.0 Å². The summed E-state index contributed by atoms with van der Waals surface area (Å²) >= 11 is 0. The normalized spacial score (nSPS) is 19.2. The highest BCUT2D eigenvalue weighted by molar-refractivity contribution is 7.89. The second-order valence-corrected chi connectivity index (χ2v) is 10.8. The first-order chi connectivity index (χ1) is 15.0. The van der Waals surface area contributed by atoms with E-state index in [1.54, 1.807) is 24.3 Å². The molecule has 8 nitrogen and oxygen atoms in total. The molecule has 1 saturated heterocycles. The molecule has 170 valence electrons. The van der Waals surface area contributed by atoms with Gasteiger partial charge in [0.05, 0.1) is 16.9 Å². The first-order valence-electron chi connectivity index (χ1n) is 10.5. The minimum absolute atomic E-state index is 0.0654. The first kappa shape index (κ1) is 22.4. The molecule has 0 atom stereocenters. The summed E-state index contributed by atoms with van der Waals surface area (Å²) in [6.45, 7) is 5.99. The number of sulfonamides is 1. The Morgan fingerprint density at radius 2 is 1.69 bits per heavy atom. The number of hydrogen-bond donors (Lipinski definition) is 1. The highest BCUT2D eigenvalue weighted by atomic mass is 32.2. The lowest BCUT2D eigenvalue weighted by Gasteiger charge is -2.31. The van der Waals surface area contributed by atoms with Crippen LogP contribution in [0.3, 0.4) is 0 Å². The van der Waals surface area contributed by atoms with Crippen LogP contribution in [-0.4, -0.2) is 68.1 Å². The van der Waals surface area contributed by atoms with Crippen LogP contribution in [0.15, 0.2) is 47.4 Å². The topological polar surface area (TPSA) is 96.0 Å². The van der Waals surface area contributed by atoms with Crippen LogP contribution < -0.4 is 10.1 Å². The van der Waals surface area contributed by atoms with E-state index >= 15 is 0 Å². The zero-order valence-corrected chi connectivity index (χ0v) is 19.2. The van der Waals surface area contributed by atoms with E-state index in [0.29, 0.717) is 48.7 Å². The number of likely N-dealkylation sites (N-methyl/N-ethyl adjacent to an activating group) is 1. The Labute approximate surface area is 188 Å². The van der Waals surface area contributed by atoms with Crippen molar-refractivity contribution in [3.05, 3.63) is 53.6 Å². The molecule has 0 aliphatic carbocycles. The molecule has 1 amide bonds. The van der Waals surface area contributed by atoms with Gasteiger partial charge in [-0.25, -0.2) is 8.42 Å². The van der Waals surface area contributed by atoms with E-state index in [0.717, 1.165) is 0 Å². The van der Waals surface area contributed by atoms with Crippen molar-refractivity contribution in [2.24, 2.45) is 0 Å². The van der Waals surface area contributed by atoms with Gasteiger partial charge in [0.1, 0.15) is 11.4 Å². The average Bonchev–Trinajstić information content (AvgIpc) is 2.73. The Kier molecular flexibility index (Phi) is 5.83. The van der Waals surface area contributed by atoms with Crippen LogP contribution in [0.2, 0.25) is 0 Å². The maximum Gasteiger partial charge on any atom is 0.255 e. The summed E-state index contributed by atoms with van der Waals surface area (Å²) in [6.07, 6.45) is 0.244. The number of carbonyl (C=O) groups excluding carboxylic acids is 2. The zero-order chi connectivity index (χ0) is 23.1. The minimum atomic E-state index is -3.57. The summed E-state index contributed by atoms with van der Waals surface area (Å²) in [5, 5.41) is 2.75. The summed E-state index contributed by atoms with van der Waals surface area (Å²) in [7, 11) is -1.60. The number of piperazine rings is 1. The number of nitrogens with zero attached hydrogens (tertiary/aromatic N) is 2. The quantitative estimate of drug-likeness (QED) is 0.758. The smallest absolute Gasteiger partial charge is 0.255 e. The monoisotopic (exact) mass is 457 g/mol. The molecule has 2 aromatic carbocycles. The van der Waals surface area contributed by atoms with E-state index in [4.69, 9.17) is 4.74 Å². The van der Waals surface area contributed by atoms with Crippen molar-refractivity contribution in [1.82, 2.24) is 9.21 Å². The number of hydrogen-bond acceptors (Lipinski definition) is 6. The summed E-state index contributed by atoms with van der Waals surface area (Å²) < 4.78 is 33.0. The van der Waals surface area contributed by atoms with Gasteiger partial charge in [-0.3, -0.25) is 9.59 Å². The molecule has 1 N–H and O–H groups in total. The number of ketones is 1. The van der Waals surface area contributed by atoms with Crippen molar-refractivity contribution >= 4 is 27.4 Å². The van der Waals surface area contributed by atoms with Crippen molar-refractivity contribution in [3.8, 4) is 5.75 Å². The van der Waals surface area contributed by atoms with Crippen LogP contribution in [0.5, 0.6) is 5.75 Å². The fraction of sp³-hybridized carbons (Fsp3) is 0.391. The fourth-order valence-corrected chi connectivity index (χ4v) is 5.31. The number of rotatable bonds is 4. The molecule has 9 heteroatoms. The second-order valence-electron chi connectivity index (χ2n) is 8.86. The Hall–Kier alpha value is -2.75. The SMILES string of the molecule is CN1CCN(S(=O)(=O)c2ccc(NC(=O)c3ccc4c(c3)C(=O)CC(C)(C)O4)cc2)CC1. The molecule has 2 aliphatic heterocycles. The number of anilines is 1. The molecule has 1 fully saturated rings. The van der Waals surface area contributed by atoms with E-state index in [2.05, 4.69) is 10.2 Å². The highest BCUT2D eigenvalue weighted by Gasteiger charge is 2.33. The number of ether oxygens (including phenoxy) is 1. The molecule has 0 spiro atoms. The van der Waals surface area contributed by atoms with Gasteiger partial charge in [0.15, 0.2) is 5.78 Å². The molecular weight excluding hydrogens is 430 g/mol. The first-order valence-corrected chi connectivity index (χ1v) is 12.0. The van der Waals surface area contributed by atoms with E-state index in [1.165, 1.54) is 22.5 Å². The number of amides is 1. The Morgan fingerprint density at radius 1 is 1.03 bits per heavy atom. The van der Waals surface area contributed by atoms with Gasteiger partial charge in [0, 0.05) is 37.4 Å². The zero-order valence-electron chi connectivity index (χ0n) is 18.4. The number of nitrogens with one attached hydrogen (secondary N) is 1. The molecule has 4 rings (SSSR count). The number of benzene rings is 2. The summed E-state index contributed by atoms with van der Waals surface area (Å²) in [5.41, 5.74) is 0.619. The van der Waals surface area contributed by atoms with Crippen LogP contribution >= 0.6 is 0 Å². The predicted molar refractivity (Wildman–Crippen MR) is 121 cm³/mol.